The zero-order chi connectivity index (χ0) is 23.9. The van der Waals surface area contributed by atoms with E-state index in [1.54, 1.807) is 7.11 Å². The van der Waals surface area contributed by atoms with Crippen molar-refractivity contribution in [2.24, 2.45) is 11.7 Å². The third-order valence-corrected chi connectivity index (χ3v) is 6.18. The number of epoxide rings is 1. The molecule has 4 N–H and O–H groups in total. The van der Waals surface area contributed by atoms with Gasteiger partial charge < -0.3 is 40.1 Å². The van der Waals surface area contributed by atoms with E-state index in [0.717, 1.165) is 37.6 Å². The number of allylic oxidation sites excluding steroid dienone is 2. The van der Waals surface area contributed by atoms with Gasteiger partial charge in [-0.05, 0) is 49.8 Å². The molecule has 0 aromatic rings. The number of hydrogen-bond acceptors (Lipinski definition) is 9. The quantitative estimate of drug-likeness (QED) is 0.136. The molecule has 1 fully saturated rings. The summed E-state index contributed by atoms with van der Waals surface area (Å²) in [6, 6.07) is 0. The third kappa shape index (κ3) is 11.8. The normalized spacial score (nSPS) is 19.9. The van der Waals surface area contributed by atoms with Crippen LogP contribution in [-0.2, 0) is 23.7 Å². The molecule has 190 valence electrons. The molecule has 1 aliphatic carbocycles. The van der Waals surface area contributed by atoms with Crippen LogP contribution < -0.4 is 16.4 Å². The first-order valence-electron chi connectivity index (χ1n) is 11.8. The number of nitrogens with one attached hydrogen (secondary N) is 2. The van der Waals surface area contributed by atoms with Crippen molar-refractivity contribution in [3.8, 4) is 0 Å². The Morgan fingerprint density at radius 2 is 1.91 bits per heavy atom. The van der Waals surface area contributed by atoms with E-state index in [1.807, 2.05) is 24.8 Å². The van der Waals surface area contributed by atoms with Gasteiger partial charge >= 0.3 is 0 Å². The van der Waals surface area contributed by atoms with Gasteiger partial charge in [0.05, 0.1) is 51.6 Å². The van der Waals surface area contributed by atoms with Crippen LogP contribution in [0.25, 0.3) is 0 Å². The molecular weight excluding hydrogens is 442 g/mol. The van der Waals surface area contributed by atoms with Crippen LogP contribution in [0.3, 0.4) is 0 Å². The van der Waals surface area contributed by atoms with Crippen molar-refractivity contribution in [3.63, 3.8) is 0 Å². The van der Waals surface area contributed by atoms with Gasteiger partial charge in [-0.2, -0.15) is 0 Å². The van der Waals surface area contributed by atoms with Gasteiger partial charge in [0.15, 0.2) is 17.6 Å². The molecule has 1 heterocycles. The van der Waals surface area contributed by atoms with Gasteiger partial charge in [0.1, 0.15) is 0 Å². The summed E-state index contributed by atoms with van der Waals surface area (Å²) in [6.45, 7) is 10.5. The maximum Gasteiger partial charge on any atom is 0.184 e. The summed E-state index contributed by atoms with van der Waals surface area (Å²) in [6.07, 6.45) is 9.55. The minimum absolute atomic E-state index is 0.0645. The van der Waals surface area contributed by atoms with E-state index < -0.39 is 0 Å². The summed E-state index contributed by atoms with van der Waals surface area (Å²) in [5, 5.41) is 7.55. The van der Waals surface area contributed by atoms with Crippen LogP contribution in [0.4, 0.5) is 0 Å². The van der Waals surface area contributed by atoms with E-state index in [-0.39, 0.29) is 12.2 Å². The number of hydrogen-bond donors (Lipinski definition) is 3. The molecular formula is C24H43N3O5S. The van der Waals surface area contributed by atoms with E-state index in [1.165, 1.54) is 5.57 Å². The number of nitrogens with two attached hydrogens (primary N) is 1. The molecule has 4 unspecified atom stereocenters. The van der Waals surface area contributed by atoms with Gasteiger partial charge in [-0.3, -0.25) is 0 Å². The highest BCUT2D eigenvalue weighted by atomic mass is 32.2. The zero-order valence-corrected chi connectivity index (χ0v) is 21.5. The predicted molar refractivity (Wildman–Crippen MR) is 134 cm³/mol. The molecule has 2 aliphatic rings. The number of ether oxygens (including phenoxy) is 5. The highest BCUT2D eigenvalue weighted by Gasteiger charge is 2.36. The summed E-state index contributed by atoms with van der Waals surface area (Å²) in [5.41, 5.74) is 6.69. The van der Waals surface area contributed by atoms with E-state index >= 15 is 0 Å². The maximum absolute atomic E-state index is 5.74. The Balaban J connectivity index is 1.47. The van der Waals surface area contributed by atoms with Crippen LogP contribution >= 0.6 is 11.8 Å². The molecule has 8 nitrogen and oxygen atoms in total. The Labute approximate surface area is 203 Å². The molecule has 9 heteroatoms. The average molecular weight is 486 g/mol. The van der Waals surface area contributed by atoms with E-state index in [9.17, 15) is 0 Å². The van der Waals surface area contributed by atoms with E-state index in [4.69, 9.17) is 29.4 Å². The van der Waals surface area contributed by atoms with Crippen LogP contribution in [0.15, 0.2) is 35.3 Å². The summed E-state index contributed by atoms with van der Waals surface area (Å²) >= 11 is 1.83. The number of methoxy groups -OCH3 is 1. The van der Waals surface area contributed by atoms with Crippen molar-refractivity contribution >= 4 is 11.8 Å². The van der Waals surface area contributed by atoms with Gasteiger partial charge in [-0.15, -0.1) is 11.8 Å². The van der Waals surface area contributed by atoms with Gasteiger partial charge in [0.25, 0.3) is 0 Å². The molecule has 0 amide bonds. The van der Waals surface area contributed by atoms with Crippen molar-refractivity contribution in [1.82, 2.24) is 10.6 Å². The van der Waals surface area contributed by atoms with E-state index in [2.05, 4.69) is 36.0 Å². The average Bonchev–Trinajstić information content (AvgIpc) is 3.59. The second-order valence-electron chi connectivity index (χ2n) is 8.36. The first-order valence-corrected chi connectivity index (χ1v) is 13.1. The molecule has 1 saturated heterocycles. The fourth-order valence-electron chi connectivity index (χ4n) is 3.33. The molecule has 0 radical (unpaired) electrons. The Kier molecular flexibility index (Phi) is 14.1. The number of thioether (sulfide) groups is 1. The highest BCUT2D eigenvalue weighted by Crippen LogP contribution is 2.35. The molecule has 0 spiro atoms. The monoisotopic (exact) mass is 485 g/mol. The van der Waals surface area contributed by atoms with Crippen LogP contribution in [0.2, 0.25) is 0 Å². The van der Waals surface area contributed by atoms with Gasteiger partial charge in [0.2, 0.25) is 0 Å². The first kappa shape index (κ1) is 28.2. The maximum atomic E-state index is 5.74. The molecule has 4 atom stereocenters. The third-order valence-electron chi connectivity index (χ3n) is 5.28. The molecule has 1 aliphatic heterocycles. The Hall–Kier alpha value is -1.07. The van der Waals surface area contributed by atoms with Crippen molar-refractivity contribution in [1.29, 1.82) is 0 Å². The topological polar surface area (TPSA) is 99.5 Å². The van der Waals surface area contributed by atoms with Gasteiger partial charge in [-0.25, -0.2) is 0 Å². The molecule has 0 aromatic carbocycles. The smallest absolute Gasteiger partial charge is 0.184 e. The second kappa shape index (κ2) is 16.5. The lowest BCUT2D eigenvalue weighted by atomic mass is 10.1. The predicted octanol–water partition coefficient (Wildman–Crippen LogP) is 2.03. The summed E-state index contributed by atoms with van der Waals surface area (Å²) in [5.74, 6) is 2.21. The SMILES string of the molecule is COC1=C2OC2C=C(CCNCC(NCC(C)COCCOCC(C)OCCN)SC)C=C1. The van der Waals surface area contributed by atoms with Crippen LogP contribution in [-0.4, -0.2) is 90.2 Å². The summed E-state index contributed by atoms with van der Waals surface area (Å²) in [4.78, 5) is 0. The molecule has 0 bridgehead atoms. The van der Waals surface area contributed by atoms with E-state index in [0.29, 0.717) is 50.9 Å². The van der Waals surface area contributed by atoms with Crippen molar-refractivity contribution < 1.29 is 23.7 Å². The lowest BCUT2D eigenvalue weighted by Gasteiger charge is -2.20. The molecule has 0 saturated carbocycles. The Bertz CT molecular complexity index is 644. The van der Waals surface area contributed by atoms with Crippen molar-refractivity contribution in [2.45, 2.75) is 37.9 Å². The van der Waals surface area contributed by atoms with Crippen molar-refractivity contribution in [3.05, 3.63) is 35.3 Å². The van der Waals surface area contributed by atoms with Crippen LogP contribution in [0, 0.1) is 5.92 Å². The number of fused-ring (bicyclic) bond motifs is 1. The summed E-state index contributed by atoms with van der Waals surface area (Å²) < 4.78 is 27.7. The van der Waals surface area contributed by atoms with Crippen LogP contribution in [0.1, 0.15) is 20.3 Å². The lowest BCUT2D eigenvalue weighted by molar-refractivity contribution is -0.0239. The summed E-state index contributed by atoms with van der Waals surface area (Å²) in [7, 11) is 1.68. The Morgan fingerprint density at radius 1 is 1.12 bits per heavy atom. The van der Waals surface area contributed by atoms with Gasteiger partial charge in [-0.1, -0.05) is 13.0 Å². The zero-order valence-electron chi connectivity index (χ0n) is 20.6. The fourth-order valence-corrected chi connectivity index (χ4v) is 3.87. The molecule has 2 rings (SSSR count). The molecule has 0 aromatic heterocycles. The highest BCUT2D eigenvalue weighted by molar-refractivity contribution is 7.99. The van der Waals surface area contributed by atoms with Crippen molar-refractivity contribution in [2.75, 3.05) is 72.6 Å². The minimum atomic E-state index is 0.0645. The first-order chi connectivity index (χ1) is 16.1. The second-order valence-corrected chi connectivity index (χ2v) is 9.40. The Morgan fingerprint density at radius 3 is 2.64 bits per heavy atom. The van der Waals surface area contributed by atoms with Crippen LogP contribution in [0.5, 0.6) is 0 Å². The largest absolute Gasteiger partial charge is 0.493 e. The van der Waals surface area contributed by atoms with Gasteiger partial charge in [0, 0.05) is 19.6 Å². The number of rotatable bonds is 20. The standard InChI is InChI=1S/C24H43N3O5S/c1-18(16-29-11-12-30-17-19(2)31-10-8-25)14-27-23(33-4)15-26-9-7-20-5-6-21(28-3)24-22(13-20)32-24/h5-6,13,18-19,22-23,26-27H,7-12,14-17,25H2,1-4H3. The lowest BCUT2D eigenvalue weighted by Crippen LogP contribution is -2.39. The fraction of sp³-hybridized carbons (Fsp3) is 0.750. The minimum Gasteiger partial charge on any atom is -0.493 e. The molecule has 33 heavy (non-hydrogen) atoms.